The first-order chi connectivity index (χ1) is 12.7. The summed E-state index contributed by atoms with van der Waals surface area (Å²) in [6, 6.07) is 7.51. The predicted molar refractivity (Wildman–Crippen MR) is 94.6 cm³/mol. The molecule has 7 heteroatoms. The van der Waals surface area contributed by atoms with Gasteiger partial charge in [0.2, 0.25) is 11.8 Å². The maximum Gasteiger partial charge on any atom is 0.249 e. The molecule has 1 aromatic carbocycles. The second kappa shape index (κ2) is 8.80. The molecular formula is C19H25N3O4. The Bertz CT molecular complexity index is 714. The molecule has 140 valence electrons. The Kier molecular flexibility index (Phi) is 6.22. The molecule has 2 heterocycles. The highest BCUT2D eigenvalue weighted by atomic mass is 16.5. The Morgan fingerprint density at radius 2 is 2.12 bits per heavy atom. The van der Waals surface area contributed by atoms with Gasteiger partial charge in [-0.3, -0.25) is 4.79 Å². The largest absolute Gasteiger partial charge is 0.494 e. The minimum absolute atomic E-state index is 0.0744. The lowest BCUT2D eigenvalue weighted by Gasteiger charge is -2.33. The number of ether oxygens (including phenoxy) is 2. The zero-order valence-corrected chi connectivity index (χ0v) is 15.3. The highest BCUT2D eigenvalue weighted by Crippen LogP contribution is 2.30. The molecule has 0 radical (unpaired) electrons. The lowest BCUT2D eigenvalue weighted by atomic mass is 10.0. The maximum absolute atomic E-state index is 12.9. The Balaban J connectivity index is 1.68. The molecule has 2 aromatic rings. The van der Waals surface area contributed by atoms with Gasteiger partial charge in [-0.15, -0.1) is 0 Å². The Labute approximate surface area is 153 Å². The van der Waals surface area contributed by atoms with Crippen molar-refractivity contribution in [2.45, 2.75) is 45.3 Å². The van der Waals surface area contributed by atoms with Crippen molar-refractivity contribution in [3.63, 3.8) is 0 Å². The van der Waals surface area contributed by atoms with Gasteiger partial charge >= 0.3 is 0 Å². The van der Waals surface area contributed by atoms with E-state index in [1.807, 2.05) is 36.1 Å². The minimum Gasteiger partial charge on any atom is -0.494 e. The summed E-state index contributed by atoms with van der Waals surface area (Å²) >= 11 is 0. The fraction of sp³-hybridized carbons (Fsp3) is 0.526. The SMILES string of the molecule is CCOc1ccc(CC(=O)N2CCCC[C@@H]2c2nc(COC)no2)cc1. The van der Waals surface area contributed by atoms with Gasteiger partial charge in [0, 0.05) is 13.7 Å². The summed E-state index contributed by atoms with van der Waals surface area (Å²) in [5.74, 6) is 1.89. The van der Waals surface area contributed by atoms with Crippen molar-refractivity contribution in [3.8, 4) is 5.75 Å². The van der Waals surface area contributed by atoms with Gasteiger partial charge in [-0.05, 0) is 43.9 Å². The molecule has 1 amide bonds. The number of rotatable bonds is 7. The molecule has 0 N–H and O–H groups in total. The highest BCUT2D eigenvalue weighted by molar-refractivity contribution is 5.79. The number of amides is 1. The molecule has 0 unspecified atom stereocenters. The third kappa shape index (κ3) is 4.40. The van der Waals surface area contributed by atoms with Gasteiger partial charge in [0.25, 0.3) is 0 Å². The van der Waals surface area contributed by atoms with Crippen LogP contribution in [0.4, 0.5) is 0 Å². The smallest absolute Gasteiger partial charge is 0.249 e. The summed E-state index contributed by atoms with van der Waals surface area (Å²) in [6.07, 6.45) is 3.22. The normalized spacial score (nSPS) is 17.3. The van der Waals surface area contributed by atoms with Crippen molar-refractivity contribution in [3.05, 3.63) is 41.5 Å². The number of benzene rings is 1. The fourth-order valence-corrected chi connectivity index (χ4v) is 3.22. The number of nitrogens with zero attached hydrogens (tertiary/aromatic N) is 3. The van der Waals surface area contributed by atoms with Gasteiger partial charge < -0.3 is 18.9 Å². The van der Waals surface area contributed by atoms with E-state index in [4.69, 9.17) is 14.0 Å². The van der Waals surface area contributed by atoms with Crippen molar-refractivity contribution < 1.29 is 18.8 Å². The van der Waals surface area contributed by atoms with Gasteiger partial charge in [-0.1, -0.05) is 17.3 Å². The lowest BCUT2D eigenvalue weighted by molar-refractivity contribution is -0.135. The first kappa shape index (κ1) is 18.4. The summed E-state index contributed by atoms with van der Waals surface area (Å²) in [7, 11) is 1.59. The average molecular weight is 359 g/mol. The van der Waals surface area contributed by atoms with Gasteiger partial charge in [0.1, 0.15) is 18.4 Å². The number of likely N-dealkylation sites (tertiary alicyclic amines) is 1. The van der Waals surface area contributed by atoms with Crippen LogP contribution in [-0.2, 0) is 22.6 Å². The van der Waals surface area contributed by atoms with Crippen LogP contribution in [0.3, 0.4) is 0 Å². The van der Waals surface area contributed by atoms with Crippen molar-refractivity contribution in [2.24, 2.45) is 0 Å². The first-order valence-corrected chi connectivity index (χ1v) is 9.04. The Morgan fingerprint density at radius 1 is 1.31 bits per heavy atom. The molecule has 0 saturated carbocycles. The molecule has 1 aliphatic rings. The van der Waals surface area contributed by atoms with E-state index in [2.05, 4.69) is 10.1 Å². The van der Waals surface area contributed by atoms with Crippen molar-refractivity contribution in [2.75, 3.05) is 20.3 Å². The summed E-state index contributed by atoms with van der Waals surface area (Å²) in [4.78, 5) is 19.1. The van der Waals surface area contributed by atoms with Crippen LogP contribution in [0.5, 0.6) is 5.75 Å². The summed E-state index contributed by atoms with van der Waals surface area (Å²) in [6.45, 7) is 3.59. The van der Waals surface area contributed by atoms with Crippen molar-refractivity contribution in [1.82, 2.24) is 15.0 Å². The van der Waals surface area contributed by atoms with Crippen LogP contribution in [-0.4, -0.2) is 41.2 Å². The number of aromatic nitrogens is 2. The highest BCUT2D eigenvalue weighted by Gasteiger charge is 2.32. The van der Waals surface area contributed by atoms with Gasteiger partial charge in [-0.2, -0.15) is 4.98 Å². The maximum atomic E-state index is 12.9. The minimum atomic E-state index is -0.156. The van der Waals surface area contributed by atoms with Crippen LogP contribution in [0.1, 0.15) is 49.5 Å². The predicted octanol–water partition coefficient (Wildman–Crippen LogP) is 2.91. The van der Waals surface area contributed by atoms with Crippen LogP contribution in [0.2, 0.25) is 0 Å². The van der Waals surface area contributed by atoms with E-state index >= 15 is 0 Å². The summed E-state index contributed by atoms with van der Waals surface area (Å²) < 4.78 is 15.9. The first-order valence-electron chi connectivity index (χ1n) is 9.04. The third-order valence-corrected chi connectivity index (χ3v) is 4.46. The average Bonchev–Trinajstić information content (AvgIpc) is 3.12. The van der Waals surface area contributed by atoms with Gasteiger partial charge in [0.15, 0.2) is 5.82 Å². The van der Waals surface area contributed by atoms with Crippen LogP contribution in [0.25, 0.3) is 0 Å². The van der Waals surface area contributed by atoms with Crippen LogP contribution < -0.4 is 4.74 Å². The second-order valence-corrected chi connectivity index (χ2v) is 6.33. The van der Waals surface area contributed by atoms with Gasteiger partial charge in [-0.25, -0.2) is 0 Å². The van der Waals surface area contributed by atoms with Crippen LogP contribution in [0, 0.1) is 0 Å². The van der Waals surface area contributed by atoms with E-state index in [9.17, 15) is 4.79 Å². The summed E-state index contributed by atoms with van der Waals surface area (Å²) in [5, 5.41) is 3.92. The molecule has 7 nitrogen and oxygen atoms in total. The monoisotopic (exact) mass is 359 g/mol. The zero-order valence-electron chi connectivity index (χ0n) is 15.3. The number of methoxy groups -OCH3 is 1. The molecule has 0 bridgehead atoms. The van der Waals surface area contributed by atoms with E-state index < -0.39 is 0 Å². The number of hydrogen-bond acceptors (Lipinski definition) is 6. The molecule has 3 rings (SSSR count). The third-order valence-electron chi connectivity index (χ3n) is 4.46. The van der Waals surface area contributed by atoms with Crippen molar-refractivity contribution >= 4 is 5.91 Å². The molecule has 26 heavy (non-hydrogen) atoms. The number of carbonyl (C=O) groups excluding carboxylic acids is 1. The molecule has 1 aliphatic heterocycles. The topological polar surface area (TPSA) is 77.7 Å². The molecular weight excluding hydrogens is 334 g/mol. The fourth-order valence-electron chi connectivity index (χ4n) is 3.22. The van der Waals surface area contributed by atoms with E-state index in [0.29, 0.717) is 37.9 Å². The molecule has 1 fully saturated rings. The molecule has 1 aromatic heterocycles. The Hall–Kier alpha value is -2.41. The number of carbonyl (C=O) groups is 1. The number of hydrogen-bond donors (Lipinski definition) is 0. The summed E-state index contributed by atoms with van der Waals surface area (Å²) in [5.41, 5.74) is 0.966. The van der Waals surface area contributed by atoms with E-state index in [1.165, 1.54) is 0 Å². The molecule has 0 spiro atoms. The van der Waals surface area contributed by atoms with E-state index in [-0.39, 0.29) is 11.9 Å². The van der Waals surface area contributed by atoms with Gasteiger partial charge in [0.05, 0.1) is 13.0 Å². The second-order valence-electron chi connectivity index (χ2n) is 6.33. The zero-order chi connectivity index (χ0) is 18.4. The standard InChI is InChI=1S/C19H25N3O4/c1-3-25-15-9-7-14(8-10-15)12-18(23)22-11-5-4-6-16(22)19-20-17(13-24-2)21-26-19/h7-10,16H,3-6,11-13H2,1-2H3/t16-/m1/s1. The van der Waals surface area contributed by atoms with E-state index in [0.717, 1.165) is 30.6 Å². The molecule has 0 aliphatic carbocycles. The van der Waals surface area contributed by atoms with Crippen LogP contribution >= 0.6 is 0 Å². The van der Waals surface area contributed by atoms with Crippen LogP contribution in [0.15, 0.2) is 28.8 Å². The Morgan fingerprint density at radius 3 is 2.85 bits per heavy atom. The van der Waals surface area contributed by atoms with E-state index in [1.54, 1.807) is 7.11 Å². The quantitative estimate of drug-likeness (QED) is 0.756. The molecule has 1 saturated heterocycles. The van der Waals surface area contributed by atoms with Crippen molar-refractivity contribution in [1.29, 1.82) is 0 Å². The lowest BCUT2D eigenvalue weighted by Crippen LogP contribution is -2.39. The molecule has 1 atom stereocenters. The number of piperidine rings is 1.